The van der Waals surface area contributed by atoms with Crippen LogP contribution in [0.1, 0.15) is 61.4 Å². The van der Waals surface area contributed by atoms with E-state index in [2.05, 4.69) is 125 Å². The van der Waals surface area contributed by atoms with Crippen LogP contribution in [-0.4, -0.2) is 15.4 Å². The zero-order valence-electron chi connectivity index (χ0n) is 25.3. The molecule has 0 spiro atoms. The van der Waals surface area contributed by atoms with Gasteiger partial charge in [-0.3, -0.25) is 0 Å². The largest absolute Gasteiger partial charge is 0.544 e. The number of ether oxygens (including phenoxy) is 2. The van der Waals surface area contributed by atoms with Gasteiger partial charge >= 0.3 is 0 Å². The Hall–Kier alpha value is -3.76. The van der Waals surface area contributed by atoms with E-state index in [1.807, 2.05) is 6.07 Å². The molecule has 1 aliphatic carbocycles. The van der Waals surface area contributed by atoms with Gasteiger partial charge in [0, 0.05) is 0 Å². The Bertz CT molecular complexity index is 1500. The molecule has 0 bridgehead atoms. The fraction of sp³-hybridized carbons (Fsp3) is 0.297. The Labute approximate surface area is 246 Å². The summed E-state index contributed by atoms with van der Waals surface area (Å²) in [5, 5.41) is 0.157. The van der Waals surface area contributed by atoms with E-state index in [-0.39, 0.29) is 5.04 Å². The van der Waals surface area contributed by atoms with E-state index >= 15 is 0 Å². The summed E-state index contributed by atoms with van der Waals surface area (Å²) < 4.78 is 18.3. The second-order valence-corrected chi connectivity index (χ2v) is 17.1. The van der Waals surface area contributed by atoms with E-state index in [1.165, 1.54) is 39.0 Å². The molecular formula is C37H42O3Si. The fourth-order valence-corrected chi connectivity index (χ4v) is 6.17. The summed E-state index contributed by atoms with van der Waals surface area (Å²) in [6.45, 7) is 12.0. The molecule has 0 amide bonds. The summed E-state index contributed by atoms with van der Waals surface area (Å²) in [5.74, 6) is 2.74. The van der Waals surface area contributed by atoms with Crippen LogP contribution in [0.15, 0.2) is 97.1 Å². The predicted molar refractivity (Wildman–Crippen MR) is 173 cm³/mol. The first-order valence-electron chi connectivity index (χ1n) is 14.6. The summed E-state index contributed by atoms with van der Waals surface area (Å²) in [5.41, 5.74) is 8.87. The van der Waals surface area contributed by atoms with Gasteiger partial charge < -0.3 is 13.9 Å². The standard InChI is InChI=1S/C37H42O3Si/c1-37(2,3)41(5,6)40-32-21-15-28(16-22-32)34-14-10-13-30-25-33(39-26-27-11-8-7-9-12-27)23-24-35(30)36(34)29-17-19-31(38-4)20-18-29/h7-9,11-12,15-25H,10,13-14,26H2,1-6H3. The van der Waals surface area contributed by atoms with E-state index in [4.69, 9.17) is 13.9 Å². The van der Waals surface area contributed by atoms with Gasteiger partial charge in [0.15, 0.2) is 0 Å². The molecule has 5 rings (SSSR count). The first-order valence-corrected chi connectivity index (χ1v) is 17.5. The Morgan fingerprint density at radius 3 is 2.00 bits per heavy atom. The van der Waals surface area contributed by atoms with Crippen LogP contribution < -0.4 is 13.9 Å². The smallest absolute Gasteiger partial charge is 0.250 e. The van der Waals surface area contributed by atoms with Crippen molar-refractivity contribution in [3.8, 4) is 17.2 Å². The van der Waals surface area contributed by atoms with Crippen molar-refractivity contribution in [2.24, 2.45) is 0 Å². The molecule has 4 aromatic carbocycles. The molecule has 41 heavy (non-hydrogen) atoms. The molecule has 4 aromatic rings. The third-order valence-electron chi connectivity index (χ3n) is 8.53. The highest BCUT2D eigenvalue weighted by atomic mass is 28.4. The number of rotatable bonds is 8. The number of allylic oxidation sites excluding steroid dienone is 1. The molecule has 3 nitrogen and oxygen atoms in total. The van der Waals surface area contributed by atoms with Gasteiger partial charge in [-0.15, -0.1) is 0 Å². The van der Waals surface area contributed by atoms with Crippen LogP contribution >= 0.6 is 0 Å². The topological polar surface area (TPSA) is 27.7 Å². The van der Waals surface area contributed by atoms with Crippen molar-refractivity contribution in [3.05, 3.63) is 125 Å². The van der Waals surface area contributed by atoms with E-state index in [0.29, 0.717) is 6.61 Å². The van der Waals surface area contributed by atoms with E-state index in [9.17, 15) is 0 Å². The van der Waals surface area contributed by atoms with Gasteiger partial charge in [-0.2, -0.15) is 0 Å². The molecule has 0 atom stereocenters. The Morgan fingerprint density at radius 2 is 1.34 bits per heavy atom. The average molecular weight is 563 g/mol. The Kier molecular flexibility index (Phi) is 8.41. The van der Waals surface area contributed by atoms with Gasteiger partial charge in [0.1, 0.15) is 23.9 Å². The molecule has 0 unspecified atom stereocenters. The quantitative estimate of drug-likeness (QED) is 0.200. The second-order valence-electron chi connectivity index (χ2n) is 12.4. The molecule has 212 valence electrons. The SMILES string of the molecule is COc1ccc(C2=C(c3ccc(O[Si](C)(C)C(C)(C)C)cc3)CCCc3cc(OCc4ccccc4)ccc32)cc1. The van der Waals surface area contributed by atoms with Crippen molar-refractivity contribution in [3.63, 3.8) is 0 Å². The highest BCUT2D eigenvalue weighted by Gasteiger charge is 2.39. The normalized spacial score (nSPS) is 13.8. The number of fused-ring (bicyclic) bond motifs is 1. The maximum absolute atomic E-state index is 6.59. The van der Waals surface area contributed by atoms with E-state index in [1.54, 1.807) is 7.11 Å². The van der Waals surface area contributed by atoms with E-state index in [0.717, 1.165) is 36.5 Å². The van der Waals surface area contributed by atoms with Gasteiger partial charge in [-0.05, 0) is 113 Å². The lowest BCUT2D eigenvalue weighted by atomic mass is 9.88. The number of benzene rings is 4. The van der Waals surface area contributed by atoms with Crippen LogP contribution in [0, 0.1) is 0 Å². The van der Waals surface area contributed by atoms with Crippen LogP contribution in [0.5, 0.6) is 17.2 Å². The summed E-state index contributed by atoms with van der Waals surface area (Å²) in [4.78, 5) is 0. The maximum atomic E-state index is 6.59. The van der Waals surface area contributed by atoms with Crippen LogP contribution in [0.25, 0.3) is 11.1 Å². The van der Waals surface area contributed by atoms with Gasteiger partial charge in [0.25, 0.3) is 0 Å². The monoisotopic (exact) mass is 562 g/mol. The lowest BCUT2D eigenvalue weighted by Crippen LogP contribution is -2.43. The number of aryl methyl sites for hydroxylation is 1. The third-order valence-corrected chi connectivity index (χ3v) is 12.9. The molecule has 4 heteroatoms. The van der Waals surface area contributed by atoms with Gasteiger partial charge in [0.05, 0.1) is 7.11 Å². The fourth-order valence-electron chi connectivity index (χ4n) is 5.14. The minimum absolute atomic E-state index is 0.157. The minimum Gasteiger partial charge on any atom is -0.544 e. The molecule has 0 fully saturated rings. The molecule has 0 heterocycles. The summed E-state index contributed by atoms with van der Waals surface area (Å²) in [6, 6.07) is 34.2. The van der Waals surface area contributed by atoms with Crippen LogP contribution in [-0.2, 0) is 13.0 Å². The zero-order chi connectivity index (χ0) is 29.0. The number of hydrogen-bond acceptors (Lipinski definition) is 3. The van der Waals surface area contributed by atoms with Crippen LogP contribution in [0.3, 0.4) is 0 Å². The minimum atomic E-state index is -1.90. The van der Waals surface area contributed by atoms with Gasteiger partial charge in [0.2, 0.25) is 8.32 Å². The van der Waals surface area contributed by atoms with Crippen molar-refractivity contribution in [2.75, 3.05) is 7.11 Å². The summed E-state index contributed by atoms with van der Waals surface area (Å²) in [6.07, 6.45) is 3.08. The summed E-state index contributed by atoms with van der Waals surface area (Å²) >= 11 is 0. The van der Waals surface area contributed by atoms with Crippen LogP contribution in [0.2, 0.25) is 18.1 Å². The molecular weight excluding hydrogens is 520 g/mol. The van der Waals surface area contributed by atoms with Crippen LogP contribution in [0.4, 0.5) is 0 Å². The number of hydrogen-bond donors (Lipinski definition) is 0. The highest BCUT2D eigenvalue weighted by Crippen LogP contribution is 2.42. The van der Waals surface area contributed by atoms with Crippen molar-refractivity contribution in [1.29, 1.82) is 0 Å². The number of methoxy groups -OCH3 is 1. The Balaban J connectivity index is 1.53. The lowest BCUT2D eigenvalue weighted by molar-refractivity contribution is 0.306. The second kappa shape index (κ2) is 12.0. The zero-order valence-corrected chi connectivity index (χ0v) is 26.3. The van der Waals surface area contributed by atoms with Crippen molar-refractivity contribution < 1.29 is 13.9 Å². The maximum Gasteiger partial charge on any atom is 0.250 e. The summed E-state index contributed by atoms with van der Waals surface area (Å²) in [7, 11) is -0.190. The Morgan fingerprint density at radius 1 is 0.707 bits per heavy atom. The van der Waals surface area contributed by atoms with E-state index < -0.39 is 8.32 Å². The first kappa shape index (κ1) is 28.8. The third kappa shape index (κ3) is 6.60. The lowest BCUT2D eigenvalue weighted by Gasteiger charge is -2.36. The molecule has 0 saturated carbocycles. The average Bonchev–Trinajstić information content (AvgIpc) is 3.15. The molecule has 0 aliphatic heterocycles. The van der Waals surface area contributed by atoms with Gasteiger partial charge in [-0.25, -0.2) is 0 Å². The molecule has 1 aliphatic rings. The molecule has 0 N–H and O–H groups in total. The van der Waals surface area contributed by atoms with Gasteiger partial charge in [-0.1, -0.05) is 81.4 Å². The predicted octanol–water partition coefficient (Wildman–Crippen LogP) is 9.95. The van der Waals surface area contributed by atoms with Crippen molar-refractivity contribution in [2.45, 2.75) is 64.8 Å². The first-order chi connectivity index (χ1) is 19.6. The van der Waals surface area contributed by atoms with Crippen molar-refractivity contribution >= 4 is 19.5 Å². The molecule has 0 saturated heterocycles. The molecule has 0 aromatic heterocycles. The van der Waals surface area contributed by atoms with Crippen molar-refractivity contribution in [1.82, 2.24) is 0 Å². The highest BCUT2D eigenvalue weighted by molar-refractivity contribution is 6.74. The molecule has 0 radical (unpaired) electrons.